The summed E-state index contributed by atoms with van der Waals surface area (Å²) in [5, 5.41) is 1.40. The number of benzene rings is 1. The smallest absolute Gasteiger partial charge is 0.221 e. The third-order valence-corrected chi connectivity index (χ3v) is 3.12. The number of carbonyl (C=O) groups excluding carboxylic acids is 1. The average molecular weight is 273 g/mol. The molecule has 5 heteroatoms. The molecule has 0 radical (unpaired) electrons. The van der Waals surface area contributed by atoms with Crippen LogP contribution in [0.5, 0.6) is 5.88 Å². The first-order valence-corrected chi connectivity index (χ1v) is 6.13. The van der Waals surface area contributed by atoms with E-state index in [0.717, 1.165) is 5.39 Å². The van der Waals surface area contributed by atoms with Gasteiger partial charge >= 0.3 is 0 Å². The van der Waals surface area contributed by atoms with Gasteiger partial charge in [0.05, 0.1) is 19.4 Å². The quantitative estimate of drug-likeness (QED) is 0.842. The van der Waals surface area contributed by atoms with E-state index in [1.54, 1.807) is 12.1 Å². The number of fused-ring (bicyclic) bond motifs is 1. The molecule has 0 N–H and O–H groups in total. The van der Waals surface area contributed by atoms with Crippen molar-refractivity contribution in [3.63, 3.8) is 0 Å². The van der Waals surface area contributed by atoms with Crippen LogP contribution >= 0.6 is 0 Å². The van der Waals surface area contributed by atoms with Gasteiger partial charge in [0.15, 0.2) is 5.78 Å². The lowest BCUT2D eigenvalue weighted by molar-refractivity contribution is -0.119. The van der Waals surface area contributed by atoms with Crippen LogP contribution < -0.4 is 4.74 Å². The predicted molar refractivity (Wildman–Crippen MR) is 72.1 cm³/mol. The molecule has 4 nitrogen and oxygen atoms in total. The van der Waals surface area contributed by atoms with E-state index in [0.29, 0.717) is 29.1 Å². The van der Waals surface area contributed by atoms with E-state index >= 15 is 0 Å². The zero-order valence-corrected chi connectivity index (χ0v) is 10.9. The Hall–Kier alpha value is -2.27. The number of hydrogen-bond donors (Lipinski definition) is 0. The molecule has 0 aliphatic carbocycles. The first-order valence-electron chi connectivity index (χ1n) is 6.13. The number of ketones is 1. The standard InChI is InChI=1S/C15H12FNO3/c1-19-15-13-6-11(16)3-2-9(13)5-14(17-15)10-4-12(18)8-20-7-10/h2-6H,7-8H2,1H3. The molecule has 102 valence electrons. The molecule has 0 saturated carbocycles. The summed E-state index contributed by atoms with van der Waals surface area (Å²) in [6.45, 7) is 0.425. The third-order valence-electron chi connectivity index (χ3n) is 3.12. The molecule has 0 saturated heterocycles. The fourth-order valence-corrected chi connectivity index (χ4v) is 2.20. The summed E-state index contributed by atoms with van der Waals surface area (Å²) in [5.74, 6) is -0.108. The fraction of sp³-hybridized carbons (Fsp3) is 0.200. The van der Waals surface area contributed by atoms with Gasteiger partial charge < -0.3 is 9.47 Å². The van der Waals surface area contributed by atoms with E-state index in [2.05, 4.69) is 4.98 Å². The maximum absolute atomic E-state index is 13.3. The molecule has 2 aromatic rings. The maximum Gasteiger partial charge on any atom is 0.221 e. The lowest BCUT2D eigenvalue weighted by Crippen LogP contribution is -2.15. The monoisotopic (exact) mass is 273 g/mol. The first kappa shape index (κ1) is 12.7. The Morgan fingerprint density at radius 1 is 1.30 bits per heavy atom. The molecular formula is C15H12FNO3. The molecule has 0 amide bonds. The second kappa shape index (κ2) is 5.02. The van der Waals surface area contributed by atoms with Gasteiger partial charge in [-0.15, -0.1) is 0 Å². The van der Waals surface area contributed by atoms with Crippen LogP contribution in [0.25, 0.3) is 16.3 Å². The number of carbonyl (C=O) groups is 1. The highest BCUT2D eigenvalue weighted by molar-refractivity contribution is 5.99. The molecule has 1 aliphatic heterocycles. The summed E-state index contributed by atoms with van der Waals surface area (Å²) in [6.07, 6.45) is 1.53. The molecule has 20 heavy (non-hydrogen) atoms. The van der Waals surface area contributed by atoms with Gasteiger partial charge in [-0.25, -0.2) is 9.37 Å². The van der Waals surface area contributed by atoms with Gasteiger partial charge in [0, 0.05) is 11.0 Å². The summed E-state index contributed by atoms with van der Waals surface area (Å²) in [5.41, 5.74) is 1.31. The summed E-state index contributed by atoms with van der Waals surface area (Å²) in [7, 11) is 1.48. The van der Waals surface area contributed by atoms with Crippen molar-refractivity contribution in [1.82, 2.24) is 4.98 Å². The van der Waals surface area contributed by atoms with Crippen molar-refractivity contribution in [1.29, 1.82) is 0 Å². The van der Waals surface area contributed by atoms with Crippen LogP contribution in [0.15, 0.2) is 30.3 Å². The van der Waals surface area contributed by atoms with Crippen molar-refractivity contribution in [3.8, 4) is 5.88 Å². The fourth-order valence-electron chi connectivity index (χ4n) is 2.20. The molecule has 0 bridgehead atoms. The van der Waals surface area contributed by atoms with E-state index in [9.17, 15) is 9.18 Å². The van der Waals surface area contributed by atoms with Crippen molar-refractivity contribution < 1.29 is 18.7 Å². The predicted octanol–water partition coefficient (Wildman–Crippen LogP) is 2.37. The SMILES string of the molecule is COc1nc(C2=CC(=O)COC2)cc2ccc(F)cc12. The number of methoxy groups -OCH3 is 1. The van der Waals surface area contributed by atoms with E-state index in [4.69, 9.17) is 9.47 Å². The van der Waals surface area contributed by atoms with Crippen molar-refractivity contribution in [2.75, 3.05) is 20.3 Å². The van der Waals surface area contributed by atoms with Gasteiger partial charge in [-0.2, -0.15) is 0 Å². The molecule has 3 rings (SSSR count). The molecule has 0 fully saturated rings. The lowest BCUT2D eigenvalue weighted by Gasteiger charge is -2.14. The lowest BCUT2D eigenvalue weighted by atomic mass is 10.1. The van der Waals surface area contributed by atoms with Crippen LogP contribution in [0, 0.1) is 5.82 Å². The summed E-state index contributed by atoms with van der Waals surface area (Å²) in [6, 6.07) is 6.21. The number of nitrogens with zero attached hydrogens (tertiary/aromatic N) is 1. The molecule has 0 unspecified atom stereocenters. The number of hydrogen-bond acceptors (Lipinski definition) is 4. The summed E-state index contributed by atoms with van der Waals surface area (Å²) in [4.78, 5) is 15.7. The number of halogens is 1. The zero-order valence-electron chi connectivity index (χ0n) is 10.9. The molecular weight excluding hydrogens is 261 g/mol. The Morgan fingerprint density at radius 3 is 2.90 bits per heavy atom. The molecule has 0 atom stereocenters. The van der Waals surface area contributed by atoms with Crippen molar-refractivity contribution in [3.05, 3.63) is 41.9 Å². The zero-order chi connectivity index (χ0) is 14.1. The van der Waals surface area contributed by atoms with Crippen molar-refractivity contribution in [2.45, 2.75) is 0 Å². The van der Waals surface area contributed by atoms with E-state index in [1.165, 1.54) is 25.3 Å². The van der Waals surface area contributed by atoms with Gasteiger partial charge in [0.2, 0.25) is 5.88 Å². The second-order valence-corrected chi connectivity index (χ2v) is 4.51. The number of aromatic nitrogens is 1. The molecule has 0 spiro atoms. The largest absolute Gasteiger partial charge is 0.481 e. The topological polar surface area (TPSA) is 48.4 Å². The van der Waals surface area contributed by atoms with E-state index in [-0.39, 0.29) is 18.2 Å². The van der Waals surface area contributed by atoms with Crippen LogP contribution in [0.4, 0.5) is 4.39 Å². The molecule has 2 heterocycles. The summed E-state index contributed by atoms with van der Waals surface area (Å²) >= 11 is 0. The van der Waals surface area contributed by atoms with Crippen molar-refractivity contribution >= 4 is 22.1 Å². The maximum atomic E-state index is 13.3. The minimum Gasteiger partial charge on any atom is -0.481 e. The van der Waals surface area contributed by atoms with Gasteiger partial charge in [0.1, 0.15) is 12.4 Å². The van der Waals surface area contributed by atoms with Crippen molar-refractivity contribution in [2.24, 2.45) is 0 Å². The van der Waals surface area contributed by atoms with Crippen LogP contribution in [0.2, 0.25) is 0 Å². The number of rotatable bonds is 2. The Labute approximate surface area is 114 Å². The second-order valence-electron chi connectivity index (χ2n) is 4.51. The molecule has 1 aromatic carbocycles. The average Bonchev–Trinajstić information content (AvgIpc) is 2.46. The van der Waals surface area contributed by atoms with Gasteiger partial charge in [0.25, 0.3) is 0 Å². The molecule has 1 aromatic heterocycles. The Bertz CT molecular complexity index is 724. The Kier molecular flexibility index (Phi) is 3.20. The van der Waals surface area contributed by atoms with Gasteiger partial charge in [-0.3, -0.25) is 4.79 Å². The van der Waals surface area contributed by atoms with E-state index < -0.39 is 0 Å². The highest BCUT2D eigenvalue weighted by Gasteiger charge is 2.15. The number of pyridine rings is 1. The first-order chi connectivity index (χ1) is 9.67. The number of ether oxygens (including phenoxy) is 2. The normalized spacial score (nSPS) is 15.3. The minimum atomic E-state index is -0.347. The van der Waals surface area contributed by atoms with Gasteiger partial charge in [-0.05, 0) is 29.7 Å². The van der Waals surface area contributed by atoms with Crippen LogP contribution in [-0.4, -0.2) is 31.1 Å². The van der Waals surface area contributed by atoms with Crippen LogP contribution in [0.1, 0.15) is 5.69 Å². The van der Waals surface area contributed by atoms with E-state index in [1.807, 2.05) is 0 Å². The Balaban J connectivity index is 2.18. The van der Waals surface area contributed by atoms with Crippen LogP contribution in [0.3, 0.4) is 0 Å². The summed E-state index contributed by atoms with van der Waals surface area (Å²) < 4.78 is 23.7. The Morgan fingerprint density at radius 2 is 2.15 bits per heavy atom. The minimum absolute atomic E-state index is 0.0915. The highest BCUT2D eigenvalue weighted by Crippen LogP contribution is 2.28. The van der Waals surface area contributed by atoms with Gasteiger partial charge in [-0.1, -0.05) is 6.07 Å². The molecule has 1 aliphatic rings. The van der Waals surface area contributed by atoms with Crippen LogP contribution in [-0.2, 0) is 9.53 Å². The highest BCUT2D eigenvalue weighted by atomic mass is 19.1. The third kappa shape index (κ3) is 2.28.